The van der Waals surface area contributed by atoms with Gasteiger partial charge in [-0.25, -0.2) is 0 Å². The van der Waals surface area contributed by atoms with Crippen LogP contribution in [0.4, 0.5) is 0 Å². The molecule has 0 saturated carbocycles. The van der Waals surface area contributed by atoms with Crippen LogP contribution >= 0.6 is 11.8 Å². The highest BCUT2D eigenvalue weighted by molar-refractivity contribution is 7.99. The molecule has 0 aliphatic carbocycles. The monoisotopic (exact) mass is 370 g/mol. The molecule has 0 fully saturated rings. The van der Waals surface area contributed by atoms with E-state index in [1.54, 1.807) is 18.2 Å². The maximum absolute atomic E-state index is 11.1. The molecule has 7 heteroatoms. The molecule has 3 rings (SSSR count). The van der Waals surface area contributed by atoms with Crippen LogP contribution in [0.3, 0.4) is 0 Å². The molecular formula is C19H18N2O4S. The van der Waals surface area contributed by atoms with Gasteiger partial charge in [0.05, 0.1) is 25.7 Å². The van der Waals surface area contributed by atoms with Crippen LogP contribution in [0.25, 0.3) is 0 Å². The van der Waals surface area contributed by atoms with E-state index in [1.165, 1.54) is 18.9 Å². The summed E-state index contributed by atoms with van der Waals surface area (Å²) in [4.78, 5) is 11.1. The van der Waals surface area contributed by atoms with Crippen molar-refractivity contribution in [3.05, 3.63) is 65.5 Å². The molecule has 0 amide bonds. The number of aldehydes is 1. The fraction of sp³-hybridized carbons (Fsp3) is 0.211. The number of thioether (sulfide) groups is 1. The number of rotatable bonds is 9. The summed E-state index contributed by atoms with van der Waals surface area (Å²) < 4.78 is 16.6. The van der Waals surface area contributed by atoms with Crippen LogP contribution in [-0.2, 0) is 6.42 Å². The molecule has 6 nitrogen and oxygen atoms in total. The van der Waals surface area contributed by atoms with Gasteiger partial charge in [0.1, 0.15) is 0 Å². The first-order valence-corrected chi connectivity index (χ1v) is 9.03. The van der Waals surface area contributed by atoms with Crippen molar-refractivity contribution < 1.29 is 18.7 Å². The Hall–Kier alpha value is -2.80. The Morgan fingerprint density at radius 2 is 1.96 bits per heavy atom. The number of hydrogen-bond donors (Lipinski definition) is 0. The molecular weight excluding hydrogens is 352 g/mol. The number of aromatic nitrogens is 2. The number of nitrogens with zero attached hydrogens (tertiary/aromatic N) is 2. The van der Waals surface area contributed by atoms with Crippen molar-refractivity contribution >= 4 is 18.0 Å². The van der Waals surface area contributed by atoms with Gasteiger partial charge in [0.25, 0.3) is 5.22 Å². The highest BCUT2D eigenvalue weighted by atomic mass is 32.2. The molecule has 2 aromatic carbocycles. The SMILES string of the molecule is COc1cccc(C=O)c1OCCSc1nnc(Cc2ccccc2)o1. The minimum Gasteiger partial charge on any atom is -0.493 e. The average molecular weight is 370 g/mol. The number of carbonyl (C=O) groups excluding carboxylic acids is 1. The van der Waals surface area contributed by atoms with E-state index in [2.05, 4.69) is 10.2 Å². The highest BCUT2D eigenvalue weighted by Gasteiger charge is 2.11. The van der Waals surface area contributed by atoms with Gasteiger partial charge in [-0.15, -0.1) is 10.2 Å². The summed E-state index contributed by atoms with van der Waals surface area (Å²) in [6.45, 7) is 0.377. The van der Waals surface area contributed by atoms with Gasteiger partial charge < -0.3 is 13.9 Å². The van der Waals surface area contributed by atoms with E-state index in [0.29, 0.717) is 47.0 Å². The summed E-state index contributed by atoms with van der Waals surface area (Å²) in [6.07, 6.45) is 1.35. The topological polar surface area (TPSA) is 74.5 Å². The zero-order valence-electron chi connectivity index (χ0n) is 14.3. The van der Waals surface area contributed by atoms with Crippen molar-refractivity contribution in [3.8, 4) is 11.5 Å². The van der Waals surface area contributed by atoms with Crippen LogP contribution in [0, 0.1) is 0 Å². The standard InChI is InChI=1S/C19H18N2O4S/c1-23-16-9-5-8-15(13-22)18(16)24-10-11-26-19-21-20-17(25-19)12-14-6-3-2-4-7-14/h2-9,13H,10-12H2,1H3. The zero-order valence-corrected chi connectivity index (χ0v) is 15.1. The van der Waals surface area contributed by atoms with Crippen LogP contribution in [0.1, 0.15) is 21.8 Å². The second-order valence-electron chi connectivity index (χ2n) is 5.32. The predicted octanol–water partition coefficient (Wildman–Crippen LogP) is 3.65. The van der Waals surface area contributed by atoms with Gasteiger partial charge in [0.15, 0.2) is 17.8 Å². The van der Waals surface area contributed by atoms with Gasteiger partial charge >= 0.3 is 0 Å². The van der Waals surface area contributed by atoms with Crippen LogP contribution in [0.5, 0.6) is 11.5 Å². The molecule has 0 spiro atoms. The number of ether oxygens (including phenoxy) is 2. The molecule has 0 bridgehead atoms. The van der Waals surface area contributed by atoms with Crippen LogP contribution in [0.2, 0.25) is 0 Å². The second kappa shape index (κ2) is 9.05. The minimum atomic E-state index is 0.377. The smallest absolute Gasteiger partial charge is 0.276 e. The van der Waals surface area contributed by atoms with Gasteiger partial charge in [-0.1, -0.05) is 48.2 Å². The van der Waals surface area contributed by atoms with E-state index in [9.17, 15) is 4.79 Å². The molecule has 1 heterocycles. The van der Waals surface area contributed by atoms with Crippen LogP contribution in [0.15, 0.2) is 58.2 Å². The van der Waals surface area contributed by atoms with Gasteiger partial charge in [-0.05, 0) is 17.7 Å². The Labute approximate surface area is 155 Å². The molecule has 0 atom stereocenters. The lowest BCUT2D eigenvalue weighted by Crippen LogP contribution is -2.04. The maximum Gasteiger partial charge on any atom is 0.276 e. The first-order chi connectivity index (χ1) is 12.8. The molecule has 3 aromatic rings. The quantitative estimate of drug-likeness (QED) is 0.323. The van der Waals surface area contributed by atoms with E-state index in [1.807, 2.05) is 30.3 Å². The lowest BCUT2D eigenvalue weighted by atomic mass is 10.2. The Balaban J connectivity index is 1.51. The summed E-state index contributed by atoms with van der Waals surface area (Å²) >= 11 is 1.40. The Kier molecular flexibility index (Phi) is 6.27. The third-order valence-corrected chi connectivity index (χ3v) is 4.34. The van der Waals surface area contributed by atoms with Gasteiger partial charge in [-0.3, -0.25) is 4.79 Å². The minimum absolute atomic E-state index is 0.377. The highest BCUT2D eigenvalue weighted by Crippen LogP contribution is 2.30. The molecule has 0 aliphatic heterocycles. The Morgan fingerprint density at radius 3 is 2.73 bits per heavy atom. The zero-order chi connectivity index (χ0) is 18.2. The summed E-state index contributed by atoms with van der Waals surface area (Å²) in [7, 11) is 1.54. The van der Waals surface area contributed by atoms with Gasteiger partial charge in [0.2, 0.25) is 5.89 Å². The number of para-hydroxylation sites is 1. The van der Waals surface area contributed by atoms with Gasteiger partial charge in [-0.2, -0.15) is 0 Å². The third kappa shape index (κ3) is 4.64. The number of hydrogen-bond acceptors (Lipinski definition) is 7. The molecule has 0 N–H and O–H groups in total. The van der Waals surface area contributed by atoms with Crippen molar-refractivity contribution in [3.63, 3.8) is 0 Å². The normalized spacial score (nSPS) is 10.5. The number of methoxy groups -OCH3 is 1. The number of benzene rings is 2. The average Bonchev–Trinajstić information content (AvgIpc) is 3.13. The maximum atomic E-state index is 11.1. The molecule has 0 aliphatic rings. The first kappa shape index (κ1) is 18.0. The summed E-state index contributed by atoms with van der Waals surface area (Å²) in [5.74, 6) is 2.15. The van der Waals surface area contributed by atoms with E-state index in [-0.39, 0.29) is 0 Å². The van der Waals surface area contributed by atoms with Crippen molar-refractivity contribution in [1.29, 1.82) is 0 Å². The van der Waals surface area contributed by atoms with E-state index in [0.717, 1.165) is 11.8 Å². The first-order valence-electron chi connectivity index (χ1n) is 8.04. The summed E-state index contributed by atoms with van der Waals surface area (Å²) in [5.41, 5.74) is 1.57. The molecule has 134 valence electrons. The second-order valence-corrected chi connectivity index (χ2v) is 6.36. The lowest BCUT2D eigenvalue weighted by Gasteiger charge is -2.11. The molecule has 1 aromatic heterocycles. The lowest BCUT2D eigenvalue weighted by molar-refractivity contribution is 0.111. The van der Waals surface area contributed by atoms with Crippen molar-refractivity contribution in [2.45, 2.75) is 11.6 Å². The van der Waals surface area contributed by atoms with Gasteiger partial charge in [0, 0.05) is 5.75 Å². The molecule has 0 radical (unpaired) electrons. The molecule has 0 saturated heterocycles. The van der Waals surface area contributed by atoms with E-state index < -0.39 is 0 Å². The fourth-order valence-corrected chi connectivity index (χ4v) is 2.95. The fourth-order valence-electron chi connectivity index (χ4n) is 2.35. The van der Waals surface area contributed by atoms with Crippen LogP contribution < -0.4 is 9.47 Å². The number of carbonyl (C=O) groups is 1. The van der Waals surface area contributed by atoms with Crippen molar-refractivity contribution in [2.75, 3.05) is 19.5 Å². The summed E-state index contributed by atoms with van der Waals surface area (Å²) in [5, 5.41) is 8.59. The largest absolute Gasteiger partial charge is 0.493 e. The summed E-state index contributed by atoms with van der Waals surface area (Å²) in [6, 6.07) is 15.1. The third-order valence-electron chi connectivity index (χ3n) is 3.56. The Morgan fingerprint density at radius 1 is 1.12 bits per heavy atom. The van der Waals surface area contributed by atoms with E-state index >= 15 is 0 Å². The molecule has 26 heavy (non-hydrogen) atoms. The van der Waals surface area contributed by atoms with E-state index in [4.69, 9.17) is 13.9 Å². The Bertz CT molecular complexity index is 852. The van der Waals surface area contributed by atoms with Crippen LogP contribution in [-0.4, -0.2) is 36.0 Å². The van der Waals surface area contributed by atoms with Crippen molar-refractivity contribution in [2.24, 2.45) is 0 Å². The van der Waals surface area contributed by atoms with Crippen molar-refractivity contribution in [1.82, 2.24) is 10.2 Å². The predicted molar refractivity (Wildman–Crippen MR) is 98.1 cm³/mol. The molecule has 0 unspecified atom stereocenters.